The summed E-state index contributed by atoms with van der Waals surface area (Å²) in [6.07, 6.45) is 13.2. The summed E-state index contributed by atoms with van der Waals surface area (Å²) < 4.78 is 0. The maximum atomic E-state index is 3.77. The minimum absolute atomic E-state index is 0.765. The van der Waals surface area contributed by atoms with Gasteiger partial charge in [0.15, 0.2) is 0 Å². The van der Waals surface area contributed by atoms with Crippen molar-refractivity contribution < 1.29 is 0 Å². The van der Waals surface area contributed by atoms with Gasteiger partial charge < -0.3 is 0 Å². The Balaban J connectivity index is 2.17. The average molecular weight is 148 g/mol. The Morgan fingerprint density at radius 2 is 2.18 bits per heavy atom. The molecule has 0 radical (unpaired) electrons. The van der Waals surface area contributed by atoms with Crippen LogP contribution in [0.1, 0.15) is 19.8 Å². The fourth-order valence-electron chi connectivity index (χ4n) is 1.15. The molecule has 1 fully saturated rings. The number of hydrogen-bond donors (Lipinski definition) is 0. The first-order valence-electron chi connectivity index (χ1n) is 4.34. The van der Waals surface area contributed by atoms with Gasteiger partial charge in [-0.2, -0.15) is 0 Å². The van der Waals surface area contributed by atoms with E-state index in [1.807, 2.05) is 0 Å². The first kappa shape index (κ1) is 8.32. The van der Waals surface area contributed by atoms with Gasteiger partial charge in [0.25, 0.3) is 0 Å². The molecule has 0 heterocycles. The number of rotatable bonds is 4. The minimum atomic E-state index is 0.765. The zero-order valence-corrected chi connectivity index (χ0v) is 7.16. The van der Waals surface area contributed by atoms with Crippen LogP contribution in [0.2, 0.25) is 0 Å². The third kappa shape index (κ3) is 2.75. The second-order valence-corrected chi connectivity index (χ2v) is 3.02. The molecule has 0 saturated heterocycles. The van der Waals surface area contributed by atoms with Gasteiger partial charge in [0, 0.05) is 0 Å². The highest BCUT2D eigenvalue weighted by molar-refractivity contribution is 5.13. The van der Waals surface area contributed by atoms with Crippen molar-refractivity contribution in [2.45, 2.75) is 19.8 Å². The lowest BCUT2D eigenvalue weighted by molar-refractivity contribution is 0.998. The Hall–Kier alpha value is -0.780. The fourth-order valence-corrected chi connectivity index (χ4v) is 1.15. The quantitative estimate of drug-likeness (QED) is 0.424. The second kappa shape index (κ2) is 4.17. The predicted octanol–water partition coefficient (Wildman–Crippen LogP) is 3.33. The highest BCUT2D eigenvalue weighted by Crippen LogP contribution is 2.40. The number of allylic oxidation sites excluding steroid dienone is 5. The minimum Gasteiger partial charge on any atom is -0.103 e. The number of hydrogen-bond acceptors (Lipinski definition) is 0. The van der Waals surface area contributed by atoms with E-state index in [0.29, 0.717) is 0 Å². The zero-order chi connectivity index (χ0) is 8.10. The standard InChI is InChI=1S/C11H16/c1-3-5-6-7-8-11-9-10(11)4-2/h4-8,10-11H,2-3,9H2,1H3/b6-5-,8-7+/t10-,11?/m0/s1. The molecule has 0 aromatic heterocycles. The van der Waals surface area contributed by atoms with Crippen LogP contribution >= 0.6 is 0 Å². The van der Waals surface area contributed by atoms with Crippen LogP contribution in [0.3, 0.4) is 0 Å². The zero-order valence-electron chi connectivity index (χ0n) is 7.16. The van der Waals surface area contributed by atoms with E-state index in [1.165, 1.54) is 6.42 Å². The van der Waals surface area contributed by atoms with Gasteiger partial charge in [-0.25, -0.2) is 0 Å². The van der Waals surface area contributed by atoms with Gasteiger partial charge in [-0.1, -0.05) is 37.3 Å². The van der Waals surface area contributed by atoms with Crippen molar-refractivity contribution in [3.63, 3.8) is 0 Å². The van der Waals surface area contributed by atoms with E-state index < -0.39 is 0 Å². The van der Waals surface area contributed by atoms with Crippen LogP contribution in [-0.2, 0) is 0 Å². The predicted molar refractivity (Wildman–Crippen MR) is 50.4 cm³/mol. The van der Waals surface area contributed by atoms with Gasteiger partial charge in [0.2, 0.25) is 0 Å². The molecule has 0 aromatic carbocycles. The molecule has 0 heteroatoms. The molecular weight excluding hydrogens is 132 g/mol. The fraction of sp³-hybridized carbons (Fsp3) is 0.455. The molecule has 0 aromatic rings. The van der Waals surface area contributed by atoms with Crippen LogP contribution in [0.5, 0.6) is 0 Å². The molecule has 0 spiro atoms. The summed E-state index contributed by atoms with van der Waals surface area (Å²) in [5, 5.41) is 0. The van der Waals surface area contributed by atoms with Crippen LogP contribution in [-0.4, -0.2) is 0 Å². The van der Waals surface area contributed by atoms with E-state index in [-0.39, 0.29) is 0 Å². The van der Waals surface area contributed by atoms with E-state index in [4.69, 9.17) is 0 Å². The molecule has 0 aliphatic heterocycles. The van der Waals surface area contributed by atoms with Crippen LogP contribution in [0.4, 0.5) is 0 Å². The highest BCUT2D eigenvalue weighted by Gasteiger charge is 2.30. The molecule has 1 rings (SSSR count). The maximum Gasteiger partial charge on any atom is -0.0161 e. The lowest BCUT2D eigenvalue weighted by Gasteiger charge is -1.80. The van der Waals surface area contributed by atoms with Crippen molar-refractivity contribution in [2.24, 2.45) is 11.8 Å². The first-order chi connectivity index (χ1) is 5.38. The summed E-state index contributed by atoms with van der Waals surface area (Å²) in [5.74, 6) is 1.55. The first-order valence-corrected chi connectivity index (χ1v) is 4.34. The van der Waals surface area contributed by atoms with Gasteiger partial charge in [0.1, 0.15) is 0 Å². The molecule has 11 heavy (non-hydrogen) atoms. The topological polar surface area (TPSA) is 0 Å². The van der Waals surface area contributed by atoms with Crippen molar-refractivity contribution in [3.05, 3.63) is 37.0 Å². The van der Waals surface area contributed by atoms with Gasteiger partial charge in [-0.05, 0) is 24.7 Å². The van der Waals surface area contributed by atoms with Crippen molar-refractivity contribution in [1.29, 1.82) is 0 Å². The molecular formula is C11H16. The molecule has 60 valence electrons. The molecule has 1 unspecified atom stereocenters. The van der Waals surface area contributed by atoms with E-state index >= 15 is 0 Å². The summed E-state index contributed by atoms with van der Waals surface area (Å²) in [5.41, 5.74) is 0. The van der Waals surface area contributed by atoms with Crippen molar-refractivity contribution in [1.82, 2.24) is 0 Å². The highest BCUT2D eigenvalue weighted by atomic mass is 14.3. The SMILES string of the molecule is C=C[C@H]1CC1/C=C/C=C\CC. The average Bonchev–Trinajstić information content (AvgIpc) is 2.77. The largest absolute Gasteiger partial charge is 0.103 e. The van der Waals surface area contributed by atoms with E-state index in [2.05, 4.69) is 43.9 Å². The second-order valence-electron chi connectivity index (χ2n) is 3.02. The lowest BCUT2D eigenvalue weighted by Crippen LogP contribution is -1.68. The van der Waals surface area contributed by atoms with E-state index in [9.17, 15) is 0 Å². The van der Waals surface area contributed by atoms with Crippen molar-refractivity contribution >= 4 is 0 Å². The van der Waals surface area contributed by atoms with Gasteiger partial charge in [-0.15, -0.1) is 6.58 Å². The molecule has 2 atom stereocenters. The van der Waals surface area contributed by atoms with Crippen LogP contribution < -0.4 is 0 Å². The third-order valence-electron chi connectivity index (χ3n) is 2.04. The van der Waals surface area contributed by atoms with Gasteiger partial charge >= 0.3 is 0 Å². The van der Waals surface area contributed by atoms with E-state index in [0.717, 1.165) is 18.3 Å². The molecule has 0 N–H and O–H groups in total. The smallest absolute Gasteiger partial charge is 0.0161 e. The summed E-state index contributed by atoms with van der Waals surface area (Å²) in [6.45, 7) is 5.91. The third-order valence-corrected chi connectivity index (χ3v) is 2.04. The van der Waals surface area contributed by atoms with E-state index in [1.54, 1.807) is 0 Å². The molecule has 1 aliphatic carbocycles. The Bertz CT molecular complexity index is 174. The van der Waals surface area contributed by atoms with Crippen molar-refractivity contribution in [3.8, 4) is 0 Å². The molecule has 0 amide bonds. The Morgan fingerprint density at radius 3 is 2.73 bits per heavy atom. The lowest BCUT2D eigenvalue weighted by atomic mass is 10.3. The molecule has 1 saturated carbocycles. The summed E-state index contributed by atoms with van der Waals surface area (Å²) in [7, 11) is 0. The molecule has 1 aliphatic rings. The van der Waals surface area contributed by atoms with Crippen LogP contribution in [0, 0.1) is 11.8 Å². The summed E-state index contributed by atoms with van der Waals surface area (Å²) >= 11 is 0. The van der Waals surface area contributed by atoms with Crippen LogP contribution in [0.15, 0.2) is 37.0 Å². The normalized spacial score (nSPS) is 29.9. The Labute approximate surface area is 69.3 Å². The monoisotopic (exact) mass is 148 g/mol. The molecule has 0 bridgehead atoms. The maximum absolute atomic E-state index is 3.77. The van der Waals surface area contributed by atoms with Crippen molar-refractivity contribution in [2.75, 3.05) is 0 Å². The Kier molecular flexibility index (Phi) is 3.15. The Morgan fingerprint density at radius 1 is 1.36 bits per heavy atom. The van der Waals surface area contributed by atoms with Gasteiger partial charge in [0.05, 0.1) is 0 Å². The van der Waals surface area contributed by atoms with Crippen LogP contribution in [0.25, 0.3) is 0 Å². The summed E-state index contributed by atoms with van der Waals surface area (Å²) in [4.78, 5) is 0. The molecule has 0 nitrogen and oxygen atoms in total. The summed E-state index contributed by atoms with van der Waals surface area (Å²) in [6, 6.07) is 0. The van der Waals surface area contributed by atoms with Gasteiger partial charge in [-0.3, -0.25) is 0 Å².